The van der Waals surface area contributed by atoms with Crippen molar-refractivity contribution in [3.05, 3.63) is 71.3 Å². The number of nitrogen functional groups attached to an aromatic ring is 1. The van der Waals surface area contributed by atoms with E-state index in [0.717, 1.165) is 11.3 Å². The van der Waals surface area contributed by atoms with E-state index >= 15 is 0 Å². The minimum absolute atomic E-state index is 0.0298. The number of anilines is 1. The van der Waals surface area contributed by atoms with Crippen molar-refractivity contribution in [3.63, 3.8) is 0 Å². The molecule has 0 radical (unpaired) electrons. The van der Waals surface area contributed by atoms with Gasteiger partial charge in [0.1, 0.15) is 29.6 Å². The first-order valence-corrected chi connectivity index (χ1v) is 10.0. The number of aromatic nitrogens is 5. The fourth-order valence-electron chi connectivity index (χ4n) is 2.83. The molecular formula is C21H19FN8O4. The van der Waals surface area contributed by atoms with Crippen LogP contribution in [0.3, 0.4) is 0 Å². The highest BCUT2D eigenvalue weighted by Gasteiger charge is 2.24. The van der Waals surface area contributed by atoms with Gasteiger partial charge < -0.3 is 15.2 Å². The number of carbonyl (C=O) groups excluding carboxylic acids is 1. The Labute approximate surface area is 192 Å². The van der Waals surface area contributed by atoms with Gasteiger partial charge in [0.15, 0.2) is 5.69 Å². The predicted molar refractivity (Wildman–Crippen MR) is 117 cm³/mol. The van der Waals surface area contributed by atoms with Gasteiger partial charge in [0, 0.05) is 0 Å². The van der Waals surface area contributed by atoms with E-state index in [1.54, 1.807) is 24.3 Å². The molecule has 0 unspecified atom stereocenters. The number of nitrogens with one attached hydrogen (secondary N) is 1. The molecule has 0 bridgehead atoms. The Balaban J connectivity index is 1.52. The fraction of sp³-hybridized carbons (Fsp3) is 0.143. The average molecular weight is 466 g/mol. The molecule has 0 spiro atoms. The van der Waals surface area contributed by atoms with Crippen molar-refractivity contribution in [2.75, 3.05) is 12.3 Å². The lowest BCUT2D eigenvalue weighted by Crippen LogP contribution is -2.21. The Morgan fingerprint density at radius 2 is 1.85 bits per heavy atom. The van der Waals surface area contributed by atoms with E-state index in [2.05, 4.69) is 35.8 Å². The fourth-order valence-corrected chi connectivity index (χ4v) is 2.83. The topological polar surface area (TPSA) is 156 Å². The Morgan fingerprint density at radius 3 is 2.53 bits per heavy atom. The lowest BCUT2D eigenvalue weighted by Gasteiger charge is -2.08. The van der Waals surface area contributed by atoms with Crippen molar-refractivity contribution in [1.82, 2.24) is 30.7 Å². The Bertz CT molecular complexity index is 1290. The van der Waals surface area contributed by atoms with Crippen LogP contribution in [0, 0.1) is 5.82 Å². The van der Waals surface area contributed by atoms with E-state index in [1.165, 1.54) is 35.2 Å². The van der Waals surface area contributed by atoms with Crippen LogP contribution < -0.4 is 20.6 Å². The van der Waals surface area contributed by atoms with Gasteiger partial charge in [-0.1, -0.05) is 5.21 Å². The number of ether oxygens (including phenoxy) is 2. The number of hydrazone groups is 1. The Hall–Kier alpha value is -4.81. The number of hydrogen-bond donors (Lipinski definition) is 2. The highest BCUT2D eigenvalue weighted by atomic mass is 19.1. The third-order valence-electron chi connectivity index (χ3n) is 4.43. The molecule has 4 aromatic rings. The van der Waals surface area contributed by atoms with Crippen LogP contribution in [-0.4, -0.2) is 44.0 Å². The maximum Gasteiger partial charge on any atom is 0.293 e. The summed E-state index contributed by atoms with van der Waals surface area (Å²) < 4.78 is 30.0. The first-order chi connectivity index (χ1) is 16.5. The van der Waals surface area contributed by atoms with Crippen LogP contribution in [0.15, 0.2) is 58.3 Å². The van der Waals surface area contributed by atoms with Gasteiger partial charge in [0.2, 0.25) is 11.6 Å². The van der Waals surface area contributed by atoms with Crippen LogP contribution in [0.1, 0.15) is 28.7 Å². The molecule has 1 amide bonds. The molecule has 0 aliphatic carbocycles. The molecule has 13 heteroatoms. The number of nitrogens with two attached hydrogens (primary N) is 1. The Morgan fingerprint density at radius 1 is 1.15 bits per heavy atom. The molecule has 12 nitrogen and oxygen atoms in total. The predicted octanol–water partition coefficient (Wildman–Crippen LogP) is 2.11. The highest BCUT2D eigenvalue weighted by molar-refractivity contribution is 5.94. The zero-order chi connectivity index (χ0) is 23.9. The standard InChI is InChI=1S/C21H19FN8O4/c1-2-32-15-7-3-13(4-8-15)11-24-26-21(31)18-17(12-33-16-9-5-14(22)6-10-16)30(29-25-18)20-19(23)27-34-28-20/h3-11H,2,12H2,1H3,(H2,23,27)(H,26,31). The average Bonchev–Trinajstić information content (AvgIpc) is 3.45. The highest BCUT2D eigenvalue weighted by Crippen LogP contribution is 2.19. The van der Waals surface area contributed by atoms with Gasteiger partial charge in [-0.2, -0.15) is 9.78 Å². The van der Waals surface area contributed by atoms with Gasteiger partial charge in [-0.25, -0.2) is 14.4 Å². The number of halogens is 1. The number of rotatable bonds is 9. The quantitative estimate of drug-likeness (QED) is 0.279. The molecule has 2 aromatic heterocycles. The van der Waals surface area contributed by atoms with Crippen molar-refractivity contribution in [2.45, 2.75) is 13.5 Å². The number of benzene rings is 2. The second kappa shape index (κ2) is 10.2. The van der Waals surface area contributed by atoms with Crippen LogP contribution in [0.25, 0.3) is 5.82 Å². The molecule has 34 heavy (non-hydrogen) atoms. The molecule has 2 aromatic carbocycles. The van der Waals surface area contributed by atoms with E-state index in [1.807, 2.05) is 6.92 Å². The van der Waals surface area contributed by atoms with Gasteiger partial charge in [-0.15, -0.1) is 5.10 Å². The lowest BCUT2D eigenvalue weighted by atomic mass is 10.2. The number of amides is 1. The molecule has 3 N–H and O–H groups in total. The third kappa shape index (κ3) is 5.15. The van der Waals surface area contributed by atoms with Crippen LogP contribution in [0.4, 0.5) is 10.2 Å². The van der Waals surface area contributed by atoms with E-state index in [-0.39, 0.29) is 29.6 Å². The summed E-state index contributed by atoms with van der Waals surface area (Å²) in [5.74, 6) is -0.00400. The van der Waals surface area contributed by atoms with Crippen molar-refractivity contribution in [3.8, 4) is 17.3 Å². The largest absolute Gasteiger partial charge is 0.494 e. The summed E-state index contributed by atoms with van der Waals surface area (Å²) in [7, 11) is 0. The lowest BCUT2D eigenvalue weighted by molar-refractivity contribution is 0.0947. The second-order valence-electron chi connectivity index (χ2n) is 6.71. The van der Waals surface area contributed by atoms with Crippen LogP contribution in [-0.2, 0) is 6.61 Å². The monoisotopic (exact) mass is 466 g/mol. The molecule has 2 heterocycles. The van der Waals surface area contributed by atoms with Gasteiger partial charge >= 0.3 is 0 Å². The van der Waals surface area contributed by atoms with Crippen LogP contribution >= 0.6 is 0 Å². The molecule has 0 atom stereocenters. The zero-order valence-electron chi connectivity index (χ0n) is 17.9. The minimum atomic E-state index is -0.652. The summed E-state index contributed by atoms with van der Waals surface area (Å²) in [5, 5.41) is 19.0. The number of carbonyl (C=O) groups is 1. The summed E-state index contributed by atoms with van der Waals surface area (Å²) in [6, 6.07) is 12.5. The minimum Gasteiger partial charge on any atom is -0.494 e. The summed E-state index contributed by atoms with van der Waals surface area (Å²) >= 11 is 0. The molecule has 0 saturated heterocycles. The zero-order valence-corrected chi connectivity index (χ0v) is 17.9. The van der Waals surface area contributed by atoms with Gasteiger partial charge in [0.25, 0.3) is 5.91 Å². The van der Waals surface area contributed by atoms with Crippen molar-refractivity contribution in [2.24, 2.45) is 5.10 Å². The normalized spacial score (nSPS) is 11.0. The SMILES string of the molecule is CCOc1ccc(C=NNC(=O)c2nnn(-c3nonc3N)c2COc2ccc(F)cc2)cc1. The smallest absolute Gasteiger partial charge is 0.293 e. The van der Waals surface area contributed by atoms with Gasteiger partial charge in [0.05, 0.1) is 12.8 Å². The van der Waals surface area contributed by atoms with E-state index in [4.69, 9.17) is 15.2 Å². The molecule has 0 fully saturated rings. The molecule has 4 rings (SSSR count). The van der Waals surface area contributed by atoms with E-state index in [9.17, 15) is 9.18 Å². The summed E-state index contributed by atoms with van der Waals surface area (Å²) in [4.78, 5) is 12.8. The Kier molecular flexibility index (Phi) is 6.72. The maximum absolute atomic E-state index is 13.2. The number of nitrogens with zero attached hydrogens (tertiary/aromatic N) is 6. The van der Waals surface area contributed by atoms with Crippen LogP contribution in [0.5, 0.6) is 11.5 Å². The summed E-state index contributed by atoms with van der Waals surface area (Å²) in [6.45, 7) is 2.29. The third-order valence-corrected chi connectivity index (χ3v) is 4.43. The molecule has 0 aliphatic rings. The van der Waals surface area contributed by atoms with E-state index in [0.29, 0.717) is 12.4 Å². The summed E-state index contributed by atoms with van der Waals surface area (Å²) in [5.41, 5.74) is 9.00. The number of hydrogen-bond acceptors (Lipinski definition) is 10. The first kappa shape index (κ1) is 22.4. The molecule has 174 valence electrons. The maximum atomic E-state index is 13.2. The van der Waals surface area contributed by atoms with Crippen molar-refractivity contribution in [1.29, 1.82) is 0 Å². The first-order valence-electron chi connectivity index (χ1n) is 10.0. The van der Waals surface area contributed by atoms with Gasteiger partial charge in [-0.05, 0) is 71.3 Å². The molecule has 0 saturated carbocycles. The summed E-state index contributed by atoms with van der Waals surface area (Å²) in [6.07, 6.45) is 1.46. The molecular weight excluding hydrogens is 447 g/mol. The second-order valence-corrected chi connectivity index (χ2v) is 6.71. The van der Waals surface area contributed by atoms with Crippen molar-refractivity contribution < 1.29 is 23.3 Å². The molecule has 0 aliphatic heterocycles. The van der Waals surface area contributed by atoms with Gasteiger partial charge in [-0.3, -0.25) is 4.79 Å². The van der Waals surface area contributed by atoms with Crippen LogP contribution in [0.2, 0.25) is 0 Å². The van der Waals surface area contributed by atoms with E-state index < -0.39 is 11.7 Å². The van der Waals surface area contributed by atoms with Crippen molar-refractivity contribution >= 4 is 17.9 Å².